The maximum absolute atomic E-state index is 13.2. The molecule has 0 aliphatic carbocycles. The molecular weight excluding hydrogens is 437 g/mol. The summed E-state index contributed by atoms with van der Waals surface area (Å²) < 4.78 is 20.8. The van der Waals surface area contributed by atoms with E-state index in [0.717, 1.165) is 11.1 Å². The number of hydrogen-bond acceptors (Lipinski definition) is 5. The van der Waals surface area contributed by atoms with E-state index in [1.807, 2.05) is 30.3 Å². The highest BCUT2D eigenvalue weighted by molar-refractivity contribution is 5.93. The highest BCUT2D eigenvalue weighted by Gasteiger charge is 2.33. The van der Waals surface area contributed by atoms with Crippen molar-refractivity contribution < 1.29 is 18.7 Å². The molecule has 1 unspecified atom stereocenters. The second kappa shape index (κ2) is 9.72. The maximum Gasteiger partial charge on any atom is 0.276 e. The number of nitrogens with one attached hydrogen (secondary N) is 1. The minimum absolute atomic E-state index is 0.0252. The van der Waals surface area contributed by atoms with Gasteiger partial charge in [-0.3, -0.25) is 9.59 Å². The SMILES string of the molecule is O=C(NCc1ccccc1)C1CCN(C(=O)c2nnn3c2COC(c2ccc(F)cc2)C3)CC1. The molecule has 176 valence electrons. The Morgan fingerprint density at radius 1 is 1.06 bits per heavy atom. The van der Waals surface area contributed by atoms with Gasteiger partial charge in [-0.2, -0.15) is 0 Å². The van der Waals surface area contributed by atoms with E-state index in [4.69, 9.17) is 4.74 Å². The second-order valence-corrected chi connectivity index (χ2v) is 8.69. The molecule has 1 atom stereocenters. The molecule has 0 bridgehead atoms. The van der Waals surface area contributed by atoms with Crippen molar-refractivity contribution in [1.29, 1.82) is 0 Å². The van der Waals surface area contributed by atoms with Gasteiger partial charge in [0.05, 0.1) is 18.8 Å². The van der Waals surface area contributed by atoms with Crippen LogP contribution in [0, 0.1) is 11.7 Å². The standard InChI is InChI=1S/C25H26FN5O3/c26-20-8-6-18(7-9-20)22-15-31-21(16-34-22)23(28-29-31)25(33)30-12-10-19(11-13-30)24(32)27-14-17-4-2-1-3-5-17/h1-9,19,22H,10-16H2,(H,27,32). The predicted molar refractivity (Wildman–Crippen MR) is 121 cm³/mol. The first kappa shape index (κ1) is 22.2. The quantitative estimate of drug-likeness (QED) is 0.629. The lowest BCUT2D eigenvalue weighted by molar-refractivity contribution is -0.126. The molecule has 8 nitrogen and oxygen atoms in total. The van der Waals surface area contributed by atoms with Crippen LogP contribution in [-0.4, -0.2) is 44.8 Å². The largest absolute Gasteiger partial charge is 0.365 e. The molecule has 34 heavy (non-hydrogen) atoms. The normalized spacial score (nSPS) is 18.4. The van der Waals surface area contributed by atoms with E-state index < -0.39 is 0 Å². The van der Waals surface area contributed by atoms with Crippen LogP contribution in [0.15, 0.2) is 54.6 Å². The van der Waals surface area contributed by atoms with Gasteiger partial charge < -0.3 is 15.0 Å². The molecule has 3 aromatic rings. The van der Waals surface area contributed by atoms with Crippen LogP contribution in [0.5, 0.6) is 0 Å². The number of benzene rings is 2. The lowest BCUT2D eigenvalue weighted by atomic mass is 9.95. The van der Waals surface area contributed by atoms with Crippen molar-refractivity contribution in [2.45, 2.75) is 38.6 Å². The molecule has 2 aliphatic heterocycles. The van der Waals surface area contributed by atoms with Gasteiger partial charge in [0.2, 0.25) is 5.91 Å². The van der Waals surface area contributed by atoms with Gasteiger partial charge in [0, 0.05) is 25.6 Å². The van der Waals surface area contributed by atoms with Crippen molar-refractivity contribution in [3.63, 3.8) is 0 Å². The third kappa shape index (κ3) is 4.70. The topological polar surface area (TPSA) is 89.4 Å². The zero-order valence-corrected chi connectivity index (χ0v) is 18.7. The number of rotatable bonds is 5. The molecule has 0 spiro atoms. The summed E-state index contributed by atoms with van der Waals surface area (Å²) in [5.41, 5.74) is 2.85. The highest BCUT2D eigenvalue weighted by Crippen LogP contribution is 2.28. The number of ether oxygens (including phenoxy) is 1. The highest BCUT2D eigenvalue weighted by atomic mass is 19.1. The smallest absolute Gasteiger partial charge is 0.276 e. The minimum Gasteiger partial charge on any atom is -0.365 e. The van der Waals surface area contributed by atoms with E-state index in [0.29, 0.717) is 50.4 Å². The fourth-order valence-corrected chi connectivity index (χ4v) is 4.48. The summed E-state index contributed by atoms with van der Waals surface area (Å²) in [5, 5.41) is 11.3. The lowest BCUT2D eigenvalue weighted by Gasteiger charge is -2.31. The number of carbonyl (C=O) groups excluding carboxylic acids is 2. The lowest BCUT2D eigenvalue weighted by Crippen LogP contribution is -2.43. The van der Waals surface area contributed by atoms with E-state index in [2.05, 4.69) is 15.6 Å². The van der Waals surface area contributed by atoms with Crippen LogP contribution in [-0.2, 0) is 29.2 Å². The van der Waals surface area contributed by atoms with Crippen molar-refractivity contribution in [1.82, 2.24) is 25.2 Å². The van der Waals surface area contributed by atoms with E-state index in [-0.39, 0.29) is 36.3 Å². The summed E-state index contributed by atoms with van der Waals surface area (Å²) in [4.78, 5) is 27.4. The summed E-state index contributed by atoms with van der Waals surface area (Å²) in [5.74, 6) is -0.571. The third-order valence-electron chi connectivity index (χ3n) is 6.50. The molecule has 5 rings (SSSR count). The number of fused-ring (bicyclic) bond motifs is 1. The van der Waals surface area contributed by atoms with Gasteiger partial charge in [-0.25, -0.2) is 9.07 Å². The van der Waals surface area contributed by atoms with Crippen molar-refractivity contribution in [3.8, 4) is 0 Å². The summed E-state index contributed by atoms with van der Waals surface area (Å²) >= 11 is 0. The van der Waals surface area contributed by atoms with Crippen molar-refractivity contribution in [2.24, 2.45) is 5.92 Å². The van der Waals surface area contributed by atoms with Gasteiger partial charge in [0.25, 0.3) is 5.91 Å². The van der Waals surface area contributed by atoms with Gasteiger partial charge in [0.1, 0.15) is 11.9 Å². The number of halogens is 1. The van der Waals surface area contributed by atoms with E-state index in [1.165, 1.54) is 12.1 Å². The van der Waals surface area contributed by atoms with Crippen molar-refractivity contribution in [2.75, 3.05) is 13.1 Å². The molecule has 2 aliphatic rings. The predicted octanol–water partition coefficient (Wildman–Crippen LogP) is 2.86. The molecular formula is C25H26FN5O3. The number of hydrogen-bond donors (Lipinski definition) is 1. The number of likely N-dealkylation sites (tertiary alicyclic amines) is 1. The van der Waals surface area contributed by atoms with Crippen molar-refractivity contribution >= 4 is 11.8 Å². The van der Waals surface area contributed by atoms with E-state index in [1.54, 1.807) is 21.7 Å². The molecule has 2 aromatic carbocycles. The zero-order chi connectivity index (χ0) is 23.5. The summed E-state index contributed by atoms with van der Waals surface area (Å²) in [6, 6.07) is 16.0. The van der Waals surface area contributed by atoms with E-state index in [9.17, 15) is 14.0 Å². The Bertz CT molecular complexity index is 1160. The molecule has 0 saturated carbocycles. The van der Waals surface area contributed by atoms with Gasteiger partial charge in [-0.15, -0.1) is 5.10 Å². The first-order valence-electron chi connectivity index (χ1n) is 11.5. The van der Waals surface area contributed by atoms with Crippen LogP contribution in [0.2, 0.25) is 0 Å². The summed E-state index contributed by atoms with van der Waals surface area (Å²) in [6.07, 6.45) is 0.945. The molecule has 1 saturated heterocycles. The molecule has 1 N–H and O–H groups in total. The Kier molecular flexibility index (Phi) is 6.35. The molecule has 3 heterocycles. The maximum atomic E-state index is 13.2. The van der Waals surface area contributed by atoms with Gasteiger partial charge in [-0.05, 0) is 36.1 Å². The fourth-order valence-electron chi connectivity index (χ4n) is 4.48. The third-order valence-corrected chi connectivity index (χ3v) is 6.50. The van der Waals surface area contributed by atoms with Crippen LogP contribution in [0.25, 0.3) is 0 Å². The minimum atomic E-state index is -0.300. The first-order chi connectivity index (χ1) is 16.6. The van der Waals surface area contributed by atoms with E-state index >= 15 is 0 Å². The average molecular weight is 464 g/mol. The Labute approximate surface area is 196 Å². The Hall–Kier alpha value is -3.59. The first-order valence-corrected chi connectivity index (χ1v) is 11.5. The van der Waals surface area contributed by atoms with Crippen LogP contribution in [0.4, 0.5) is 4.39 Å². The van der Waals surface area contributed by atoms with Gasteiger partial charge in [-0.1, -0.05) is 47.7 Å². The number of aromatic nitrogens is 3. The monoisotopic (exact) mass is 463 g/mol. The van der Waals surface area contributed by atoms with Crippen molar-refractivity contribution in [3.05, 3.63) is 82.9 Å². The number of carbonyl (C=O) groups is 2. The van der Waals surface area contributed by atoms with Gasteiger partial charge >= 0.3 is 0 Å². The Morgan fingerprint density at radius 3 is 2.53 bits per heavy atom. The summed E-state index contributed by atoms with van der Waals surface area (Å²) in [7, 11) is 0. The summed E-state index contributed by atoms with van der Waals surface area (Å²) in [6.45, 7) is 2.10. The number of piperidine rings is 1. The fraction of sp³-hybridized carbons (Fsp3) is 0.360. The molecule has 9 heteroatoms. The second-order valence-electron chi connectivity index (χ2n) is 8.69. The number of amides is 2. The Morgan fingerprint density at radius 2 is 1.79 bits per heavy atom. The molecule has 2 amide bonds. The van der Waals surface area contributed by atoms with Crippen LogP contribution in [0.1, 0.15) is 46.3 Å². The Balaban J connectivity index is 1.16. The average Bonchev–Trinajstić information content (AvgIpc) is 3.31. The van der Waals surface area contributed by atoms with Crippen LogP contribution >= 0.6 is 0 Å². The molecule has 0 radical (unpaired) electrons. The van der Waals surface area contributed by atoms with Gasteiger partial charge in [0.15, 0.2) is 5.69 Å². The molecule has 1 aromatic heterocycles. The molecule has 1 fully saturated rings. The van der Waals surface area contributed by atoms with Crippen LogP contribution < -0.4 is 5.32 Å². The number of nitrogens with zero attached hydrogens (tertiary/aromatic N) is 4. The van der Waals surface area contributed by atoms with Crippen LogP contribution in [0.3, 0.4) is 0 Å². The zero-order valence-electron chi connectivity index (χ0n) is 18.7.